The van der Waals surface area contributed by atoms with Crippen molar-refractivity contribution < 1.29 is 0 Å². The van der Waals surface area contributed by atoms with E-state index in [1.807, 2.05) is 12.4 Å². The summed E-state index contributed by atoms with van der Waals surface area (Å²) >= 11 is 5.14. The van der Waals surface area contributed by atoms with Gasteiger partial charge in [0, 0.05) is 39.2 Å². The van der Waals surface area contributed by atoms with Crippen LogP contribution in [0.4, 0.5) is 5.95 Å². The third-order valence-electron chi connectivity index (χ3n) is 3.22. The van der Waals surface area contributed by atoms with E-state index < -0.39 is 0 Å². The van der Waals surface area contributed by atoms with Gasteiger partial charge in [-0.25, -0.2) is 9.97 Å². The Labute approximate surface area is 124 Å². The van der Waals surface area contributed by atoms with Crippen molar-refractivity contribution in [3.8, 4) is 10.4 Å². The number of rotatable bonds is 4. The van der Waals surface area contributed by atoms with Gasteiger partial charge in [-0.15, -0.1) is 11.3 Å². The van der Waals surface area contributed by atoms with Gasteiger partial charge in [0.25, 0.3) is 0 Å². The van der Waals surface area contributed by atoms with Crippen molar-refractivity contribution >= 4 is 33.2 Å². The van der Waals surface area contributed by atoms with E-state index in [4.69, 9.17) is 0 Å². The summed E-state index contributed by atoms with van der Waals surface area (Å²) in [7, 11) is 0. The first-order valence-electron chi connectivity index (χ1n) is 6.32. The van der Waals surface area contributed by atoms with E-state index in [-0.39, 0.29) is 0 Å². The minimum absolute atomic E-state index is 0.691. The summed E-state index contributed by atoms with van der Waals surface area (Å²) in [6.45, 7) is 3.16. The summed E-state index contributed by atoms with van der Waals surface area (Å²) in [5, 5.41) is 8.72. The molecule has 0 saturated carbocycles. The van der Waals surface area contributed by atoms with Crippen molar-refractivity contribution in [1.82, 2.24) is 15.3 Å². The van der Waals surface area contributed by atoms with Gasteiger partial charge in [-0.2, -0.15) is 0 Å². The molecule has 1 aliphatic rings. The maximum atomic E-state index is 4.37. The quantitative estimate of drug-likeness (QED) is 0.899. The minimum atomic E-state index is 0.691. The summed E-state index contributed by atoms with van der Waals surface area (Å²) in [6, 6.07) is 2.08. The Balaban J connectivity index is 1.62. The lowest BCUT2D eigenvalue weighted by atomic mass is 10.1. The molecule has 2 N–H and O–H groups in total. The van der Waals surface area contributed by atoms with Gasteiger partial charge < -0.3 is 10.6 Å². The van der Waals surface area contributed by atoms with Crippen molar-refractivity contribution in [2.24, 2.45) is 5.92 Å². The van der Waals surface area contributed by atoms with Crippen LogP contribution in [0.25, 0.3) is 10.4 Å². The SMILES string of the molecule is Brc1csc(-c2cnc(NCC3CCNC3)nc2)c1. The van der Waals surface area contributed by atoms with E-state index in [0.717, 1.165) is 29.7 Å². The van der Waals surface area contributed by atoms with Crippen LogP contribution in [0.2, 0.25) is 0 Å². The van der Waals surface area contributed by atoms with Gasteiger partial charge in [-0.1, -0.05) is 0 Å². The molecule has 19 heavy (non-hydrogen) atoms. The zero-order valence-electron chi connectivity index (χ0n) is 10.4. The van der Waals surface area contributed by atoms with Crippen LogP contribution in [0.15, 0.2) is 28.3 Å². The third-order valence-corrected chi connectivity index (χ3v) is 4.96. The molecule has 2 aromatic heterocycles. The molecule has 4 nitrogen and oxygen atoms in total. The number of halogens is 1. The highest BCUT2D eigenvalue weighted by Crippen LogP contribution is 2.29. The van der Waals surface area contributed by atoms with E-state index >= 15 is 0 Å². The Kier molecular flexibility index (Phi) is 4.10. The normalized spacial score (nSPS) is 18.7. The van der Waals surface area contributed by atoms with Crippen LogP contribution in [0.3, 0.4) is 0 Å². The van der Waals surface area contributed by atoms with E-state index in [1.165, 1.54) is 11.3 Å². The van der Waals surface area contributed by atoms with Gasteiger partial charge >= 0.3 is 0 Å². The Bertz CT molecular complexity index is 534. The van der Waals surface area contributed by atoms with Gasteiger partial charge in [0.15, 0.2) is 0 Å². The first-order valence-corrected chi connectivity index (χ1v) is 7.99. The second kappa shape index (κ2) is 5.98. The highest BCUT2D eigenvalue weighted by Gasteiger charge is 2.14. The second-order valence-electron chi connectivity index (χ2n) is 4.66. The van der Waals surface area contributed by atoms with Crippen molar-refractivity contribution in [3.05, 3.63) is 28.3 Å². The van der Waals surface area contributed by atoms with Gasteiger partial charge in [0.1, 0.15) is 0 Å². The van der Waals surface area contributed by atoms with Gasteiger partial charge in [-0.3, -0.25) is 0 Å². The van der Waals surface area contributed by atoms with Crippen LogP contribution in [0.5, 0.6) is 0 Å². The fraction of sp³-hybridized carbons (Fsp3) is 0.385. The van der Waals surface area contributed by atoms with E-state index in [2.05, 4.69) is 48.0 Å². The number of hydrogen-bond donors (Lipinski definition) is 2. The molecule has 0 radical (unpaired) electrons. The van der Waals surface area contributed by atoms with Crippen molar-refractivity contribution in [2.75, 3.05) is 25.0 Å². The smallest absolute Gasteiger partial charge is 0.222 e. The average molecular weight is 339 g/mol. The van der Waals surface area contributed by atoms with Crippen LogP contribution in [-0.2, 0) is 0 Å². The average Bonchev–Trinajstić information content (AvgIpc) is 3.08. The molecular formula is C13H15BrN4S. The number of aromatic nitrogens is 2. The maximum absolute atomic E-state index is 4.37. The molecule has 1 atom stereocenters. The molecule has 1 unspecified atom stereocenters. The Morgan fingerprint density at radius 1 is 1.42 bits per heavy atom. The highest BCUT2D eigenvalue weighted by molar-refractivity contribution is 9.10. The maximum Gasteiger partial charge on any atom is 0.222 e. The van der Waals surface area contributed by atoms with Gasteiger partial charge in [0.05, 0.1) is 0 Å². The number of nitrogens with one attached hydrogen (secondary N) is 2. The second-order valence-corrected chi connectivity index (χ2v) is 6.49. The van der Waals surface area contributed by atoms with Crippen LogP contribution in [0.1, 0.15) is 6.42 Å². The lowest BCUT2D eigenvalue weighted by Gasteiger charge is -2.09. The van der Waals surface area contributed by atoms with Crippen molar-refractivity contribution in [2.45, 2.75) is 6.42 Å². The number of hydrogen-bond acceptors (Lipinski definition) is 5. The van der Waals surface area contributed by atoms with Crippen LogP contribution in [-0.4, -0.2) is 29.6 Å². The zero-order chi connectivity index (χ0) is 13.1. The fourth-order valence-electron chi connectivity index (χ4n) is 2.14. The minimum Gasteiger partial charge on any atom is -0.354 e. The van der Waals surface area contributed by atoms with E-state index in [0.29, 0.717) is 11.9 Å². The first-order chi connectivity index (χ1) is 9.31. The molecule has 6 heteroatoms. The molecule has 1 aliphatic heterocycles. The Morgan fingerprint density at radius 3 is 2.89 bits per heavy atom. The van der Waals surface area contributed by atoms with Crippen LogP contribution in [0, 0.1) is 5.92 Å². The van der Waals surface area contributed by atoms with Crippen LogP contribution < -0.4 is 10.6 Å². The predicted molar refractivity (Wildman–Crippen MR) is 82.5 cm³/mol. The Morgan fingerprint density at radius 2 is 2.26 bits per heavy atom. The third kappa shape index (κ3) is 3.32. The van der Waals surface area contributed by atoms with E-state index in [1.54, 1.807) is 11.3 Å². The molecule has 3 rings (SSSR count). The monoisotopic (exact) mass is 338 g/mol. The topological polar surface area (TPSA) is 49.8 Å². The summed E-state index contributed by atoms with van der Waals surface area (Å²) in [5.74, 6) is 1.41. The number of anilines is 1. The molecule has 2 aromatic rings. The summed E-state index contributed by atoms with van der Waals surface area (Å²) < 4.78 is 1.10. The molecule has 3 heterocycles. The Hall–Kier alpha value is -0.980. The molecule has 0 aromatic carbocycles. The molecule has 1 saturated heterocycles. The first kappa shape index (κ1) is 13.0. The van der Waals surface area contributed by atoms with E-state index in [9.17, 15) is 0 Å². The lowest BCUT2D eigenvalue weighted by Crippen LogP contribution is -2.18. The zero-order valence-corrected chi connectivity index (χ0v) is 12.8. The summed E-state index contributed by atoms with van der Waals surface area (Å²) in [6.07, 6.45) is 4.98. The molecule has 1 fully saturated rings. The number of thiophene rings is 1. The number of nitrogens with zero attached hydrogens (tertiary/aromatic N) is 2. The largest absolute Gasteiger partial charge is 0.354 e. The summed E-state index contributed by atoms with van der Waals surface area (Å²) in [4.78, 5) is 9.93. The fourth-order valence-corrected chi connectivity index (χ4v) is 3.54. The predicted octanol–water partition coefficient (Wildman–Crippen LogP) is 2.99. The highest BCUT2D eigenvalue weighted by atomic mass is 79.9. The molecule has 100 valence electrons. The molecule has 0 spiro atoms. The van der Waals surface area contributed by atoms with Crippen LogP contribution >= 0.6 is 27.3 Å². The molecule has 0 bridgehead atoms. The summed E-state index contributed by atoms with van der Waals surface area (Å²) in [5.41, 5.74) is 1.06. The molecular weight excluding hydrogens is 324 g/mol. The van der Waals surface area contributed by atoms with Gasteiger partial charge in [-0.05, 0) is 47.4 Å². The van der Waals surface area contributed by atoms with Crippen molar-refractivity contribution in [1.29, 1.82) is 0 Å². The van der Waals surface area contributed by atoms with Crippen molar-refractivity contribution in [3.63, 3.8) is 0 Å². The van der Waals surface area contributed by atoms with Gasteiger partial charge in [0.2, 0.25) is 5.95 Å². The lowest BCUT2D eigenvalue weighted by molar-refractivity contribution is 0.613. The molecule has 0 aliphatic carbocycles. The standard InChI is InChI=1S/C13H15BrN4S/c14-11-3-12(19-8-11)10-6-17-13(18-7-10)16-5-9-1-2-15-4-9/h3,6-9,15H,1-2,4-5H2,(H,16,17,18). The molecule has 0 amide bonds.